The third-order valence-electron chi connectivity index (χ3n) is 6.67. The van der Waals surface area contributed by atoms with Crippen LogP contribution in [0.1, 0.15) is 59.3 Å². The Hall–Kier alpha value is -2.59. The Morgan fingerprint density at radius 1 is 1.29 bits per heavy atom. The van der Waals surface area contributed by atoms with Crippen molar-refractivity contribution in [1.29, 1.82) is 10.5 Å². The van der Waals surface area contributed by atoms with Crippen molar-refractivity contribution >= 4 is 5.97 Å². The second-order valence-electron chi connectivity index (χ2n) is 8.72. The van der Waals surface area contributed by atoms with E-state index in [1.165, 1.54) is 18.4 Å². The van der Waals surface area contributed by atoms with E-state index in [0.29, 0.717) is 18.4 Å². The minimum atomic E-state index is -0.398. The molecule has 0 aliphatic heterocycles. The highest BCUT2D eigenvalue weighted by molar-refractivity contribution is 5.79. The number of carbonyl (C=O) groups is 1. The molecule has 0 spiro atoms. The quantitative estimate of drug-likeness (QED) is 0.370. The van der Waals surface area contributed by atoms with Crippen LogP contribution >= 0.6 is 0 Å². The Morgan fingerprint density at radius 2 is 1.93 bits per heavy atom. The van der Waals surface area contributed by atoms with Crippen LogP contribution in [0.15, 0.2) is 46.6 Å². The number of nitrogens with zero attached hydrogens (tertiary/aromatic N) is 2. The maximum absolute atomic E-state index is 12.9. The molecule has 2 saturated carbocycles. The van der Waals surface area contributed by atoms with Gasteiger partial charge in [0.15, 0.2) is 0 Å². The summed E-state index contributed by atoms with van der Waals surface area (Å²) in [6.45, 7) is 9.95. The second kappa shape index (κ2) is 7.80. The van der Waals surface area contributed by atoms with Crippen LogP contribution in [0.3, 0.4) is 0 Å². The summed E-state index contributed by atoms with van der Waals surface area (Å²) >= 11 is 0. The summed E-state index contributed by atoms with van der Waals surface area (Å²) in [7, 11) is 0. The molecule has 0 amide bonds. The fourth-order valence-electron chi connectivity index (χ4n) is 4.77. The SMILES string of the molecule is C=CCC1=C(C)C(OC(=O)[C@@H]2[C@@H](C=C3CCCC3)C2(C)C)CC1=C(C#N)C#N. The van der Waals surface area contributed by atoms with Gasteiger partial charge >= 0.3 is 5.97 Å². The zero-order valence-electron chi connectivity index (χ0n) is 17.0. The van der Waals surface area contributed by atoms with E-state index >= 15 is 0 Å². The highest BCUT2D eigenvalue weighted by Crippen LogP contribution is 2.60. The van der Waals surface area contributed by atoms with Crippen LogP contribution in [0.2, 0.25) is 0 Å². The molecule has 1 unspecified atom stereocenters. The molecule has 0 aromatic heterocycles. The molecule has 4 heteroatoms. The standard InChI is InChI=1S/C24H28N2O2/c1-5-8-18-15(2)21(12-19(18)17(13-25)14-26)28-23(27)22-20(24(22,3)4)11-16-9-6-7-10-16/h5,11,20-22H,1,6-10,12H2,2-4H3/t20-,21?,22+/m1/s1. The molecule has 0 saturated heterocycles. The van der Waals surface area contributed by atoms with Crippen molar-refractivity contribution in [2.24, 2.45) is 17.3 Å². The summed E-state index contributed by atoms with van der Waals surface area (Å²) in [6, 6.07) is 3.95. The van der Waals surface area contributed by atoms with E-state index in [1.54, 1.807) is 6.08 Å². The lowest BCUT2D eigenvalue weighted by Crippen LogP contribution is -2.20. The number of hydrogen-bond donors (Lipinski definition) is 0. The monoisotopic (exact) mass is 376 g/mol. The normalized spacial score (nSPS) is 27.8. The summed E-state index contributed by atoms with van der Waals surface area (Å²) in [5, 5.41) is 18.5. The lowest BCUT2D eigenvalue weighted by atomic mass is 10.00. The summed E-state index contributed by atoms with van der Waals surface area (Å²) in [6.07, 6.45) is 9.44. The first-order valence-corrected chi connectivity index (χ1v) is 10.1. The minimum Gasteiger partial charge on any atom is -0.457 e. The summed E-state index contributed by atoms with van der Waals surface area (Å²) in [5.74, 6) is -0.0326. The van der Waals surface area contributed by atoms with Gasteiger partial charge in [-0.2, -0.15) is 10.5 Å². The van der Waals surface area contributed by atoms with Crippen molar-refractivity contribution in [2.75, 3.05) is 0 Å². The second-order valence-corrected chi connectivity index (χ2v) is 8.72. The average Bonchev–Trinajstić information content (AvgIpc) is 3.01. The lowest BCUT2D eigenvalue weighted by Gasteiger charge is -2.14. The highest BCUT2D eigenvalue weighted by Gasteiger charge is 2.62. The Labute approximate surface area is 167 Å². The van der Waals surface area contributed by atoms with Gasteiger partial charge in [0.05, 0.1) is 5.92 Å². The largest absolute Gasteiger partial charge is 0.457 e. The van der Waals surface area contributed by atoms with Crippen LogP contribution in [0.4, 0.5) is 0 Å². The van der Waals surface area contributed by atoms with Crippen molar-refractivity contribution in [3.05, 3.63) is 46.6 Å². The predicted octanol–water partition coefficient (Wildman–Crippen LogP) is 5.31. The van der Waals surface area contributed by atoms with Crippen molar-refractivity contribution < 1.29 is 9.53 Å². The number of ether oxygens (including phenoxy) is 1. The van der Waals surface area contributed by atoms with Crippen molar-refractivity contribution in [3.8, 4) is 12.1 Å². The topological polar surface area (TPSA) is 73.9 Å². The lowest BCUT2D eigenvalue weighted by molar-refractivity contribution is -0.149. The summed E-state index contributed by atoms with van der Waals surface area (Å²) < 4.78 is 5.91. The van der Waals surface area contributed by atoms with Crippen LogP contribution in [0.5, 0.6) is 0 Å². The number of carbonyl (C=O) groups excluding carboxylic acids is 1. The Morgan fingerprint density at radius 3 is 2.50 bits per heavy atom. The predicted molar refractivity (Wildman–Crippen MR) is 108 cm³/mol. The molecule has 4 nitrogen and oxygen atoms in total. The van der Waals surface area contributed by atoms with Crippen molar-refractivity contribution in [2.45, 2.75) is 65.4 Å². The van der Waals surface area contributed by atoms with Crippen molar-refractivity contribution in [1.82, 2.24) is 0 Å². The molecule has 0 N–H and O–H groups in total. The van der Waals surface area contributed by atoms with Crippen LogP contribution < -0.4 is 0 Å². The summed E-state index contributed by atoms with van der Waals surface area (Å²) in [5.41, 5.74) is 4.04. The van der Waals surface area contributed by atoms with Crippen LogP contribution in [-0.4, -0.2) is 12.1 Å². The molecule has 3 aliphatic rings. The van der Waals surface area contributed by atoms with E-state index in [4.69, 9.17) is 4.74 Å². The van der Waals surface area contributed by atoms with Gasteiger partial charge in [0.2, 0.25) is 0 Å². The van der Waals surface area contributed by atoms with Gasteiger partial charge in [0.25, 0.3) is 0 Å². The molecule has 0 heterocycles. The van der Waals surface area contributed by atoms with Gasteiger partial charge in [-0.05, 0) is 67.1 Å². The van der Waals surface area contributed by atoms with E-state index in [1.807, 2.05) is 19.1 Å². The zero-order valence-corrected chi connectivity index (χ0v) is 17.0. The molecule has 3 atom stereocenters. The molecule has 0 bridgehead atoms. The molecule has 0 aromatic carbocycles. The van der Waals surface area contributed by atoms with Gasteiger partial charge in [0, 0.05) is 6.42 Å². The van der Waals surface area contributed by atoms with Crippen LogP contribution in [0.25, 0.3) is 0 Å². The number of nitriles is 2. The minimum absolute atomic E-state index is 0.0734. The molecule has 0 radical (unpaired) electrons. The van der Waals surface area contributed by atoms with E-state index in [2.05, 4.69) is 26.5 Å². The van der Waals surface area contributed by atoms with E-state index < -0.39 is 6.10 Å². The summed E-state index contributed by atoms with van der Waals surface area (Å²) in [4.78, 5) is 12.9. The first-order chi connectivity index (χ1) is 13.3. The van der Waals surface area contributed by atoms with E-state index in [-0.39, 0.29) is 28.8 Å². The number of allylic oxidation sites excluding steroid dienone is 5. The van der Waals surface area contributed by atoms with Crippen LogP contribution in [0, 0.1) is 39.9 Å². The third kappa shape index (κ3) is 3.57. The smallest absolute Gasteiger partial charge is 0.310 e. The van der Waals surface area contributed by atoms with Gasteiger partial charge in [-0.15, -0.1) is 6.58 Å². The molecular weight excluding hydrogens is 348 g/mol. The Bertz CT molecular complexity index is 849. The van der Waals surface area contributed by atoms with E-state index in [0.717, 1.165) is 24.0 Å². The number of rotatable bonds is 5. The number of hydrogen-bond acceptors (Lipinski definition) is 4. The molecule has 146 valence electrons. The van der Waals surface area contributed by atoms with Gasteiger partial charge in [-0.1, -0.05) is 31.6 Å². The molecule has 28 heavy (non-hydrogen) atoms. The fraction of sp³-hybridized carbons (Fsp3) is 0.542. The fourth-order valence-corrected chi connectivity index (χ4v) is 4.77. The van der Waals surface area contributed by atoms with Gasteiger partial charge in [-0.25, -0.2) is 0 Å². The van der Waals surface area contributed by atoms with Crippen molar-refractivity contribution in [3.63, 3.8) is 0 Å². The molecule has 2 fully saturated rings. The van der Waals surface area contributed by atoms with Crippen LogP contribution in [-0.2, 0) is 9.53 Å². The first kappa shape index (κ1) is 20.2. The Kier molecular flexibility index (Phi) is 5.61. The first-order valence-electron chi connectivity index (χ1n) is 10.1. The average molecular weight is 377 g/mol. The zero-order chi connectivity index (χ0) is 20.5. The van der Waals surface area contributed by atoms with Gasteiger partial charge in [0.1, 0.15) is 23.8 Å². The highest BCUT2D eigenvalue weighted by atomic mass is 16.5. The molecule has 3 rings (SSSR count). The van der Waals surface area contributed by atoms with Gasteiger partial charge in [-0.3, -0.25) is 4.79 Å². The third-order valence-corrected chi connectivity index (χ3v) is 6.67. The maximum Gasteiger partial charge on any atom is 0.310 e. The maximum atomic E-state index is 12.9. The molecule has 3 aliphatic carbocycles. The van der Waals surface area contributed by atoms with E-state index in [9.17, 15) is 15.3 Å². The molecule has 0 aromatic rings. The number of esters is 1. The molecular formula is C24H28N2O2. The van der Waals surface area contributed by atoms with Gasteiger partial charge < -0.3 is 4.74 Å². The Balaban J connectivity index is 1.77.